The summed E-state index contributed by atoms with van der Waals surface area (Å²) in [7, 11) is 0. The second-order valence-corrected chi connectivity index (χ2v) is 6.37. The van der Waals surface area contributed by atoms with E-state index in [0.717, 1.165) is 29.8 Å². The highest BCUT2D eigenvalue weighted by Crippen LogP contribution is 2.40. The highest BCUT2D eigenvalue weighted by atomic mass is 16.1. The van der Waals surface area contributed by atoms with Crippen LogP contribution in [0.25, 0.3) is 0 Å². The van der Waals surface area contributed by atoms with Gasteiger partial charge in [-0.15, -0.1) is 0 Å². The topological polar surface area (TPSA) is 70.7 Å². The Morgan fingerprint density at radius 1 is 1.22 bits per heavy atom. The Kier molecular flexibility index (Phi) is 3.38. The third-order valence-electron chi connectivity index (χ3n) is 4.96. The summed E-state index contributed by atoms with van der Waals surface area (Å²) in [6, 6.07) is 10.0. The number of fused-ring (bicyclic) bond motifs is 1. The molecule has 4 rings (SSSR count). The number of carbonyl (C=O) groups is 1. The van der Waals surface area contributed by atoms with Crippen molar-refractivity contribution in [2.75, 3.05) is 5.32 Å². The average molecular weight is 306 g/mol. The monoisotopic (exact) mass is 306 g/mol. The van der Waals surface area contributed by atoms with Crippen LogP contribution in [0.15, 0.2) is 30.5 Å². The van der Waals surface area contributed by atoms with Crippen LogP contribution in [0.1, 0.15) is 60.8 Å². The highest BCUT2D eigenvalue weighted by molar-refractivity contribution is 5.94. The van der Waals surface area contributed by atoms with Gasteiger partial charge in [0, 0.05) is 17.9 Å². The fourth-order valence-electron chi connectivity index (χ4n) is 3.75. The maximum atomic E-state index is 12.2. The van der Waals surface area contributed by atoms with E-state index in [2.05, 4.69) is 16.5 Å². The maximum Gasteiger partial charge on any atom is 0.226 e. The Bertz CT molecular complexity index is 778. The van der Waals surface area contributed by atoms with Gasteiger partial charge in [-0.3, -0.25) is 4.79 Å². The van der Waals surface area contributed by atoms with Gasteiger partial charge in [0.05, 0.1) is 23.9 Å². The van der Waals surface area contributed by atoms with Crippen molar-refractivity contribution in [3.05, 3.63) is 47.2 Å². The zero-order chi connectivity index (χ0) is 15.8. The molecule has 1 amide bonds. The van der Waals surface area contributed by atoms with Crippen LogP contribution in [0.3, 0.4) is 0 Å². The minimum atomic E-state index is 0.0154. The molecule has 1 saturated carbocycles. The first-order valence-corrected chi connectivity index (χ1v) is 8.13. The van der Waals surface area contributed by atoms with Crippen molar-refractivity contribution in [1.29, 1.82) is 5.26 Å². The zero-order valence-electron chi connectivity index (χ0n) is 12.8. The van der Waals surface area contributed by atoms with Gasteiger partial charge in [0.15, 0.2) is 0 Å². The number of hydrogen-bond donors (Lipinski definition) is 1. The molecule has 1 fully saturated rings. The first-order chi connectivity index (χ1) is 11.3. The molecule has 0 spiro atoms. The zero-order valence-corrected chi connectivity index (χ0v) is 12.8. The molecule has 1 aromatic heterocycles. The predicted octanol–water partition coefficient (Wildman–Crippen LogP) is 3.34. The number of nitriles is 1. The van der Waals surface area contributed by atoms with E-state index in [0.29, 0.717) is 18.0 Å². The van der Waals surface area contributed by atoms with Crippen molar-refractivity contribution in [2.45, 2.75) is 44.1 Å². The summed E-state index contributed by atoms with van der Waals surface area (Å²) in [5.74, 6) is 0.913. The molecule has 0 bridgehead atoms. The molecule has 2 aliphatic rings. The number of benzene rings is 1. The SMILES string of the molecule is N#Cc1ccc([C@@H]2CC(=O)Nc3c2cnn3C2CCCC2)cc1. The predicted molar refractivity (Wildman–Crippen MR) is 86.0 cm³/mol. The molecule has 5 heteroatoms. The van der Waals surface area contributed by atoms with E-state index in [1.807, 2.05) is 35.1 Å². The maximum absolute atomic E-state index is 12.2. The number of aromatic nitrogens is 2. The molecule has 1 atom stereocenters. The quantitative estimate of drug-likeness (QED) is 0.925. The number of carbonyl (C=O) groups excluding carboxylic acids is 1. The van der Waals surface area contributed by atoms with E-state index in [4.69, 9.17) is 5.26 Å². The molecular weight excluding hydrogens is 288 g/mol. The van der Waals surface area contributed by atoms with Gasteiger partial charge < -0.3 is 5.32 Å². The number of amides is 1. The highest BCUT2D eigenvalue weighted by Gasteiger charge is 2.32. The molecule has 1 aromatic carbocycles. The summed E-state index contributed by atoms with van der Waals surface area (Å²) >= 11 is 0. The molecule has 1 aliphatic carbocycles. The normalized spacial score (nSPS) is 20.8. The van der Waals surface area contributed by atoms with Crippen molar-refractivity contribution in [3.63, 3.8) is 0 Å². The smallest absolute Gasteiger partial charge is 0.226 e. The average Bonchev–Trinajstić information content (AvgIpc) is 3.23. The second-order valence-electron chi connectivity index (χ2n) is 6.37. The Hall–Kier alpha value is -2.61. The molecule has 23 heavy (non-hydrogen) atoms. The van der Waals surface area contributed by atoms with Crippen molar-refractivity contribution < 1.29 is 4.79 Å². The standard InChI is InChI=1S/C18H18N4O/c19-10-12-5-7-13(8-6-12)15-9-17(23)21-18-16(15)11-20-22(18)14-3-1-2-4-14/h5-8,11,14-15H,1-4,9H2,(H,21,23)/t15-/m0/s1. The number of nitrogens with zero attached hydrogens (tertiary/aromatic N) is 3. The number of hydrogen-bond acceptors (Lipinski definition) is 3. The largest absolute Gasteiger partial charge is 0.311 e. The Labute approximate surface area is 134 Å². The molecule has 0 saturated heterocycles. The fourth-order valence-corrected chi connectivity index (χ4v) is 3.75. The van der Waals surface area contributed by atoms with Gasteiger partial charge >= 0.3 is 0 Å². The lowest BCUT2D eigenvalue weighted by molar-refractivity contribution is -0.116. The van der Waals surface area contributed by atoms with E-state index < -0.39 is 0 Å². The van der Waals surface area contributed by atoms with Crippen LogP contribution in [0.2, 0.25) is 0 Å². The van der Waals surface area contributed by atoms with E-state index in [1.54, 1.807) is 0 Å². The van der Waals surface area contributed by atoms with Crippen LogP contribution in [-0.2, 0) is 4.79 Å². The first-order valence-electron chi connectivity index (χ1n) is 8.13. The Morgan fingerprint density at radius 3 is 2.65 bits per heavy atom. The molecule has 1 N–H and O–H groups in total. The molecule has 2 aromatic rings. The summed E-state index contributed by atoms with van der Waals surface area (Å²) in [5.41, 5.74) is 2.78. The lowest BCUT2D eigenvalue weighted by Crippen LogP contribution is -2.25. The molecule has 2 heterocycles. The van der Waals surface area contributed by atoms with Gasteiger partial charge in [0.2, 0.25) is 5.91 Å². The van der Waals surface area contributed by atoms with Gasteiger partial charge in [-0.05, 0) is 30.5 Å². The minimum absolute atomic E-state index is 0.0154. The van der Waals surface area contributed by atoms with Gasteiger partial charge in [-0.1, -0.05) is 25.0 Å². The van der Waals surface area contributed by atoms with E-state index in [1.165, 1.54) is 12.8 Å². The van der Waals surface area contributed by atoms with Gasteiger partial charge in [0.25, 0.3) is 0 Å². The van der Waals surface area contributed by atoms with Gasteiger partial charge in [-0.25, -0.2) is 4.68 Å². The summed E-state index contributed by atoms with van der Waals surface area (Å²) in [5, 5.41) is 16.5. The molecule has 5 nitrogen and oxygen atoms in total. The van der Waals surface area contributed by atoms with Crippen molar-refractivity contribution in [3.8, 4) is 6.07 Å². The summed E-state index contributed by atoms with van der Waals surface area (Å²) < 4.78 is 2.01. The molecule has 0 radical (unpaired) electrons. The van der Waals surface area contributed by atoms with Crippen LogP contribution >= 0.6 is 0 Å². The van der Waals surface area contributed by atoms with Gasteiger partial charge in [-0.2, -0.15) is 10.4 Å². The van der Waals surface area contributed by atoms with Crippen molar-refractivity contribution in [2.24, 2.45) is 0 Å². The van der Waals surface area contributed by atoms with Crippen LogP contribution in [-0.4, -0.2) is 15.7 Å². The van der Waals surface area contributed by atoms with Crippen molar-refractivity contribution >= 4 is 11.7 Å². The molecular formula is C18H18N4O. The van der Waals surface area contributed by atoms with Crippen LogP contribution in [0.4, 0.5) is 5.82 Å². The first kappa shape index (κ1) is 14.0. The lowest BCUT2D eigenvalue weighted by atomic mass is 9.87. The third-order valence-corrected chi connectivity index (χ3v) is 4.96. The fraction of sp³-hybridized carbons (Fsp3) is 0.389. The van der Waals surface area contributed by atoms with E-state index >= 15 is 0 Å². The van der Waals surface area contributed by atoms with Crippen LogP contribution in [0.5, 0.6) is 0 Å². The molecule has 1 aliphatic heterocycles. The number of nitrogens with one attached hydrogen (secondary N) is 1. The van der Waals surface area contributed by atoms with Crippen molar-refractivity contribution in [1.82, 2.24) is 9.78 Å². The summed E-state index contributed by atoms with van der Waals surface area (Å²) in [6.07, 6.45) is 7.04. The summed E-state index contributed by atoms with van der Waals surface area (Å²) in [6.45, 7) is 0. The van der Waals surface area contributed by atoms with Crippen LogP contribution < -0.4 is 5.32 Å². The third kappa shape index (κ3) is 2.40. The van der Waals surface area contributed by atoms with Gasteiger partial charge in [0.1, 0.15) is 5.82 Å². The second kappa shape index (κ2) is 5.54. The molecule has 116 valence electrons. The lowest BCUT2D eigenvalue weighted by Gasteiger charge is -2.25. The number of anilines is 1. The Balaban J connectivity index is 1.73. The van der Waals surface area contributed by atoms with E-state index in [9.17, 15) is 4.79 Å². The summed E-state index contributed by atoms with van der Waals surface area (Å²) in [4.78, 5) is 12.2. The number of rotatable bonds is 2. The van der Waals surface area contributed by atoms with Crippen LogP contribution in [0, 0.1) is 11.3 Å². The minimum Gasteiger partial charge on any atom is -0.311 e. The van der Waals surface area contributed by atoms with E-state index in [-0.39, 0.29) is 11.8 Å². The molecule has 0 unspecified atom stereocenters. The Morgan fingerprint density at radius 2 is 1.96 bits per heavy atom.